The average Bonchev–Trinajstić information content (AvgIpc) is 2.67. The summed E-state index contributed by atoms with van der Waals surface area (Å²) in [5.74, 6) is -1.25. The number of carbonyl (C=O) groups is 2. The Kier molecular flexibility index (Phi) is 5.24. The molecule has 1 fully saturated rings. The Balaban J connectivity index is 1.64. The number of carbonyl (C=O) groups excluding carboxylic acids is 2. The third-order valence-electron chi connectivity index (χ3n) is 4.39. The Labute approximate surface area is 156 Å². The Morgan fingerprint density at radius 3 is 1.89 bits per heavy atom. The van der Waals surface area contributed by atoms with Gasteiger partial charge >= 0.3 is 0 Å². The first-order valence-corrected chi connectivity index (χ1v) is 9.78. The van der Waals surface area contributed by atoms with E-state index in [4.69, 9.17) is 5.14 Å². The van der Waals surface area contributed by atoms with Gasteiger partial charge in [0.15, 0.2) is 0 Å². The highest BCUT2D eigenvalue weighted by atomic mass is 32.2. The largest absolute Gasteiger partial charge is 0.335 e. The predicted molar refractivity (Wildman–Crippen MR) is 96.0 cm³/mol. The van der Waals surface area contributed by atoms with E-state index >= 15 is 0 Å². The number of amides is 2. The van der Waals surface area contributed by atoms with Crippen LogP contribution >= 0.6 is 0 Å². The monoisotopic (exact) mass is 391 g/mol. The first kappa shape index (κ1) is 19.0. The maximum absolute atomic E-state index is 13.8. The molecule has 0 spiro atoms. The molecule has 27 heavy (non-hydrogen) atoms. The predicted octanol–water partition coefficient (Wildman–Crippen LogP) is 1.07. The molecule has 2 aromatic carbocycles. The second-order valence-corrected chi connectivity index (χ2v) is 7.70. The molecule has 3 rings (SSSR count). The van der Waals surface area contributed by atoms with Crippen molar-refractivity contribution >= 4 is 21.8 Å². The highest BCUT2D eigenvalue weighted by Gasteiger charge is 2.26. The molecule has 0 aliphatic carbocycles. The number of hydrogen-bond donors (Lipinski definition) is 1. The molecular weight excluding hydrogens is 373 g/mol. The lowest BCUT2D eigenvalue weighted by Crippen LogP contribution is -2.50. The van der Waals surface area contributed by atoms with Crippen LogP contribution in [0.3, 0.4) is 0 Å². The maximum Gasteiger partial charge on any atom is 0.256 e. The molecule has 142 valence electrons. The molecule has 2 amide bonds. The second-order valence-electron chi connectivity index (χ2n) is 6.13. The number of hydrogen-bond acceptors (Lipinski definition) is 4. The fourth-order valence-corrected chi connectivity index (χ4v) is 3.40. The van der Waals surface area contributed by atoms with E-state index in [2.05, 4.69) is 0 Å². The van der Waals surface area contributed by atoms with Gasteiger partial charge in [-0.15, -0.1) is 0 Å². The minimum Gasteiger partial charge on any atom is -0.335 e. The smallest absolute Gasteiger partial charge is 0.256 e. The lowest BCUT2D eigenvalue weighted by Gasteiger charge is -2.35. The van der Waals surface area contributed by atoms with Gasteiger partial charge in [0.05, 0.1) is 10.5 Å². The van der Waals surface area contributed by atoms with Crippen molar-refractivity contribution in [3.8, 4) is 0 Å². The molecule has 1 aliphatic heterocycles. The summed E-state index contributed by atoms with van der Waals surface area (Å²) in [7, 11) is -3.82. The molecule has 9 heteroatoms. The van der Waals surface area contributed by atoms with Crippen LogP contribution in [0.2, 0.25) is 0 Å². The van der Waals surface area contributed by atoms with E-state index in [1.54, 1.807) is 11.0 Å². The Bertz CT molecular complexity index is 968. The summed E-state index contributed by atoms with van der Waals surface area (Å²) in [5, 5.41) is 5.04. The van der Waals surface area contributed by atoms with Crippen LogP contribution in [-0.4, -0.2) is 56.2 Å². The van der Waals surface area contributed by atoms with Gasteiger partial charge in [-0.2, -0.15) is 0 Å². The summed E-state index contributed by atoms with van der Waals surface area (Å²) in [6, 6.07) is 11.1. The number of nitrogens with two attached hydrogens (primary N) is 1. The molecule has 0 unspecified atom stereocenters. The zero-order valence-corrected chi connectivity index (χ0v) is 15.2. The van der Waals surface area contributed by atoms with Crippen molar-refractivity contribution in [2.24, 2.45) is 5.14 Å². The molecule has 2 N–H and O–H groups in total. The zero-order valence-electron chi connectivity index (χ0n) is 14.3. The van der Waals surface area contributed by atoms with Crippen molar-refractivity contribution in [3.05, 3.63) is 65.5 Å². The molecular formula is C18H18FN3O4S. The summed E-state index contributed by atoms with van der Waals surface area (Å²) in [4.78, 5) is 28.0. The maximum atomic E-state index is 13.8. The van der Waals surface area contributed by atoms with E-state index in [1.165, 1.54) is 47.4 Å². The van der Waals surface area contributed by atoms with Gasteiger partial charge in [0, 0.05) is 31.7 Å². The first-order chi connectivity index (χ1) is 12.8. The van der Waals surface area contributed by atoms with Gasteiger partial charge in [0.1, 0.15) is 5.82 Å². The van der Waals surface area contributed by atoms with E-state index in [1.807, 2.05) is 0 Å². The van der Waals surface area contributed by atoms with Gasteiger partial charge < -0.3 is 9.80 Å². The molecule has 1 saturated heterocycles. The highest BCUT2D eigenvalue weighted by Crippen LogP contribution is 2.15. The Morgan fingerprint density at radius 1 is 0.852 bits per heavy atom. The molecule has 0 saturated carbocycles. The third-order valence-corrected chi connectivity index (χ3v) is 5.32. The fourth-order valence-electron chi connectivity index (χ4n) is 2.89. The molecule has 0 atom stereocenters. The van der Waals surface area contributed by atoms with Gasteiger partial charge in [0.2, 0.25) is 10.0 Å². The molecule has 7 nitrogen and oxygen atoms in total. The Morgan fingerprint density at radius 2 is 1.37 bits per heavy atom. The number of rotatable bonds is 3. The van der Waals surface area contributed by atoms with Gasteiger partial charge in [-0.05, 0) is 36.4 Å². The van der Waals surface area contributed by atoms with Gasteiger partial charge in [-0.25, -0.2) is 17.9 Å². The van der Waals surface area contributed by atoms with Crippen molar-refractivity contribution in [1.29, 1.82) is 0 Å². The number of nitrogens with zero attached hydrogens (tertiary/aromatic N) is 2. The van der Waals surface area contributed by atoms with Crippen LogP contribution in [0.4, 0.5) is 4.39 Å². The number of sulfonamides is 1. The van der Waals surface area contributed by atoms with E-state index in [0.717, 1.165) is 0 Å². The minimum absolute atomic E-state index is 0.0101. The quantitative estimate of drug-likeness (QED) is 0.846. The summed E-state index contributed by atoms with van der Waals surface area (Å²) in [6.45, 7) is 1.17. The van der Waals surface area contributed by atoms with Gasteiger partial charge in [-0.1, -0.05) is 12.1 Å². The molecule has 0 bridgehead atoms. The van der Waals surface area contributed by atoms with Crippen LogP contribution < -0.4 is 5.14 Å². The lowest BCUT2D eigenvalue weighted by molar-refractivity contribution is 0.0533. The van der Waals surface area contributed by atoms with Crippen molar-refractivity contribution in [2.45, 2.75) is 4.90 Å². The molecule has 2 aromatic rings. The van der Waals surface area contributed by atoms with Gasteiger partial charge in [-0.3, -0.25) is 9.59 Å². The van der Waals surface area contributed by atoms with Crippen LogP contribution in [0.25, 0.3) is 0 Å². The van der Waals surface area contributed by atoms with Crippen molar-refractivity contribution in [2.75, 3.05) is 26.2 Å². The van der Waals surface area contributed by atoms with Crippen LogP contribution in [-0.2, 0) is 10.0 Å². The molecule has 0 aromatic heterocycles. The summed E-state index contributed by atoms with van der Waals surface area (Å²) in [6.07, 6.45) is 0. The number of benzene rings is 2. The van der Waals surface area contributed by atoms with E-state index in [9.17, 15) is 22.4 Å². The molecule has 1 heterocycles. The van der Waals surface area contributed by atoms with Crippen LogP contribution in [0, 0.1) is 5.82 Å². The van der Waals surface area contributed by atoms with E-state index < -0.39 is 21.7 Å². The van der Waals surface area contributed by atoms with Crippen molar-refractivity contribution < 1.29 is 22.4 Å². The average molecular weight is 391 g/mol. The highest BCUT2D eigenvalue weighted by molar-refractivity contribution is 7.89. The molecule has 0 radical (unpaired) electrons. The number of primary sulfonamides is 1. The normalized spacial score (nSPS) is 14.9. The summed E-state index contributed by atoms with van der Waals surface area (Å²) in [5.41, 5.74) is 0.340. The van der Waals surface area contributed by atoms with Crippen molar-refractivity contribution in [3.63, 3.8) is 0 Å². The van der Waals surface area contributed by atoms with Gasteiger partial charge in [0.25, 0.3) is 11.8 Å². The molecule has 1 aliphatic rings. The van der Waals surface area contributed by atoms with Crippen molar-refractivity contribution in [1.82, 2.24) is 9.80 Å². The third kappa shape index (κ3) is 4.15. The van der Waals surface area contributed by atoms with Crippen LogP contribution in [0.15, 0.2) is 53.4 Å². The van der Waals surface area contributed by atoms with Crippen LogP contribution in [0.1, 0.15) is 20.7 Å². The van der Waals surface area contributed by atoms with Crippen LogP contribution in [0.5, 0.6) is 0 Å². The minimum atomic E-state index is -3.82. The lowest BCUT2D eigenvalue weighted by atomic mass is 10.1. The number of piperazine rings is 1. The topological polar surface area (TPSA) is 101 Å². The SMILES string of the molecule is NS(=O)(=O)c1ccc(C(=O)N2CCN(C(=O)c3ccccc3F)CC2)cc1. The zero-order chi connectivity index (χ0) is 19.6. The summed E-state index contributed by atoms with van der Waals surface area (Å²) >= 11 is 0. The first-order valence-electron chi connectivity index (χ1n) is 8.23. The van der Waals surface area contributed by atoms with E-state index in [-0.39, 0.29) is 29.5 Å². The van der Waals surface area contributed by atoms with E-state index in [0.29, 0.717) is 18.7 Å². The Hall–Kier alpha value is -2.78. The number of halogens is 1. The summed E-state index contributed by atoms with van der Waals surface area (Å²) < 4.78 is 36.3. The fraction of sp³-hybridized carbons (Fsp3) is 0.222. The standard InChI is InChI=1S/C18H18FN3O4S/c19-16-4-2-1-3-15(16)18(24)22-11-9-21(10-12-22)17(23)13-5-7-14(8-6-13)27(20,25)26/h1-8H,9-12H2,(H2,20,25,26). The second kappa shape index (κ2) is 7.45.